The molecule has 1 atom stereocenters. The van der Waals surface area contributed by atoms with E-state index in [9.17, 15) is 0 Å². The normalized spacial score (nSPS) is 16.5. The molecule has 0 aromatic carbocycles. The maximum atomic E-state index is 6.27. The Morgan fingerprint density at radius 3 is 2.62 bits per heavy atom. The van der Waals surface area contributed by atoms with Crippen molar-refractivity contribution in [3.8, 4) is 0 Å². The molecule has 0 spiro atoms. The Morgan fingerprint density at radius 1 is 1.12 bits per heavy atom. The van der Waals surface area contributed by atoms with Crippen molar-refractivity contribution in [2.45, 2.75) is 19.5 Å². The number of hydrogen-bond acceptors (Lipinski definition) is 4. The van der Waals surface area contributed by atoms with E-state index in [1.165, 1.54) is 12.0 Å². The first-order chi connectivity index (χ1) is 10.8. The molecule has 1 N–H and O–H groups in total. The van der Waals surface area contributed by atoms with Gasteiger partial charge in [-0.05, 0) is 48.7 Å². The predicted octanol–water partition coefficient (Wildman–Crippen LogP) is 3.59. The molecule has 0 radical (unpaired) electrons. The van der Waals surface area contributed by atoms with Gasteiger partial charge in [0.1, 0.15) is 0 Å². The molecular weight excluding hydrogens is 367 g/mol. The van der Waals surface area contributed by atoms with Crippen molar-refractivity contribution < 1.29 is 0 Å². The minimum atomic E-state index is 0. The van der Waals surface area contributed by atoms with Gasteiger partial charge in [-0.15, -0.1) is 24.8 Å². The van der Waals surface area contributed by atoms with E-state index >= 15 is 0 Å². The Kier molecular flexibility index (Phi) is 9.56. The zero-order valence-corrected chi connectivity index (χ0v) is 15.8. The lowest BCUT2D eigenvalue weighted by Crippen LogP contribution is -2.30. The van der Waals surface area contributed by atoms with Crippen molar-refractivity contribution in [2.24, 2.45) is 5.92 Å². The van der Waals surface area contributed by atoms with Crippen molar-refractivity contribution in [1.82, 2.24) is 20.2 Å². The maximum Gasteiger partial charge on any atom is 0.0634 e. The van der Waals surface area contributed by atoms with Gasteiger partial charge in [0.15, 0.2) is 0 Å². The minimum absolute atomic E-state index is 0. The van der Waals surface area contributed by atoms with E-state index in [1.807, 2.05) is 24.5 Å². The number of aromatic nitrogens is 2. The van der Waals surface area contributed by atoms with Gasteiger partial charge in [0.05, 0.1) is 5.02 Å². The van der Waals surface area contributed by atoms with Gasteiger partial charge in [-0.1, -0.05) is 17.7 Å². The van der Waals surface area contributed by atoms with E-state index in [0.29, 0.717) is 5.92 Å². The highest BCUT2D eigenvalue weighted by Gasteiger charge is 2.19. The fourth-order valence-electron chi connectivity index (χ4n) is 2.94. The van der Waals surface area contributed by atoms with Crippen molar-refractivity contribution in [3.05, 3.63) is 59.1 Å². The number of pyridine rings is 2. The van der Waals surface area contributed by atoms with Gasteiger partial charge in [0.25, 0.3) is 0 Å². The lowest BCUT2D eigenvalue weighted by molar-refractivity contribution is 0.220. The number of nitrogens with zero attached hydrogens (tertiary/aromatic N) is 3. The highest BCUT2D eigenvalue weighted by Crippen LogP contribution is 2.19. The molecule has 1 aliphatic rings. The molecule has 0 bridgehead atoms. The van der Waals surface area contributed by atoms with Crippen LogP contribution in [0.5, 0.6) is 0 Å². The number of halogens is 3. The third-order valence-corrected chi connectivity index (χ3v) is 4.40. The van der Waals surface area contributed by atoms with Crippen LogP contribution in [0, 0.1) is 5.92 Å². The smallest absolute Gasteiger partial charge is 0.0634 e. The second-order valence-electron chi connectivity index (χ2n) is 5.86. The van der Waals surface area contributed by atoms with Gasteiger partial charge in [0.2, 0.25) is 0 Å². The second-order valence-corrected chi connectivity index (χ2v) is 6.26. The fourth-order valence-corrected chi connectivity index (χ4v) is 3.12. The average Bonchev–Trinajstić information content (AvgIpc) is 3.03. The third kappa shape index (κ3) is 6.19. The summed E-state index contributed by atoms with van der Waals surface area (Å²) in [4.78, 5) is 10.7. The van der Waals surface area contributed by atoms with Crippen LogP contribution in [0.1, 0.15) is 17.5 Å². The Morgan fingerprint density at radius 2 is 1.96 bits per heavy atom. The van der Waals surface area contributed by atoms with Crippen LogP contribution in [-0.2, 0) is 13.1 Å². The summed E-state index contributed by atoms with van der Waals surface area (Å²) in [6.45, 7) is 5.03. The largest absolute Gasteiger partial charge is 0.316 e. The van der Waals surface area contributed by atoms with E-state index in [2.05, 4.69) is 26.3 Å². The maximum absolute atomic E-state index is 6.27. The van der Waals surface area contributed by atoms with Crippen molar-refractivity contribution >= 4 is 36.4 Å². The molecule has 1 aliphatic heterocycles. The molecule has 0 amide bonds. The molecule has 7 heteroatoms. The van der Waals surface area contributed by atoms with E-state index in [-0.39, 0.29) is 24.8 Å². The quantitative estimate of drug-likeness (QED) is 0.820. The van der Waals surface area contributed by atoms with Gasteiger partial charge in [-0.25, -0.2) is 0 Å². The summed E-state index contributed by atoms with van der Waals surface area (Å²) in [6, 6.07) is 6.12. The van der Waals surface area contributed by atoms with Gasteiger partial charge >= 0.3 is 0 Å². The summed E-state index contributed by atoms with van der Waals surface area (Å²) in [5.41, 5.74) is 2.37. The fraction of sp³-hybridized carbons (Fsp3) is 0.412. The SMILES string of the molecule is Cl.Cl.Clc1cnccc1CN(Cc1cccnc1)CC1CCNC1. The zero-order valence-electron chi connectivity index (χ0n) is 13.4. The van der Waals surface area contributed by atoms with Crippen LogP contribution >= 0.6 is 36.4 Å². The molecule has 4 nitrogen and oxygen atoms in total. The van der Waals surface area contributed by atoms with Gasteiger partial charge in [0, 0.05) is 44.4 Å². The monoisotopic (exact) mass is 388 g/mol. The van der Waals surface area contributed by atoms with E-state index in [0.717, 1.165) is 43.3 Å². The topological polar surface area (TPSA) is 41.1 Å². The number of nitrogens with one attached hydrogen (secondary N) is 1. The Balaban J connectivity index is 0.00000144. The molecule has 2 aromatic rings. The first-order valence-electron chi connectivity index (χ1n) is 7.71. The van der Waals surface area contributed by atoms with Gasteiger partial charge in [-0.3, -0.25) is 14.9 Å². The summed E-state index contributed by atoms with van der Waals surface area (Å²) in [5, 5.41) is 4.18. The molecule has 1 unspecified atom stereocenters. The Bertz CT molecular complexity index is 591. The van der Waals surface area contributed by atoms with Crippen LogP contribution in [-0.4, -0.2) is 34.5 Å². The first kappa shape index (κ1) is 21.1. The van der Waals surface area contributed by atoms with E-state index in [4.69, 9.17) is 11.6 Å². The van der Waals surface area contributed by atoms with Crippen molar-refractivity contribution in [3.63, 3.8) is 0 Å². The first-order valence-corrected chi connectivity index (χ1v) is 8.09. The minimum Gasteiger partial charge on any atom is -0.316 e. The molecule has 2 aromatic heterocycles. The molecule has 0 saturated carbocycles. The average molecular weight is 390 g/mol. The highest BCUT2D eigenvalue weighted by molar-refractivity contribution is 6.31. The van der Waals surface area contributed by atoms with Crippen molar-refractivity contribution in [2.75, 3.05) is 19.6 Å². The molecule has 1 saturated heterocycles. The standard InChI is InChI=1S/C17H21ClN4.2ClH/c18-17-10-21-7-4-16(17)13-22(12-15-3-6-20-9-15)11-14-2-1-5-19-8-14;;/h1-2,4-5,7-8,10,15,20H,3,6,9,11-13H2;2*1H. The summed E-state index contributed by atoms with van der Waals surface area (Å²) in [5.74, 6) is 0.706. The number of rotatable bonds is 6. The lowest BCUT2D eigenvalue weighted by atomic mass is 10.1. The van der Waals surface area contributed by atoms with Crippen LogP contribution in [0.15, 0.2) is 43.0 Å². The molecule has 3 rings (SSSR count). The summed E-state index contributed by atoms with van der Waals surface area (Å²) in [6.07, 6.45) is 8.52. The summed E-state index contributed by atoms with van der Waals surface area (Å²) < 4.78 is 0. The molecule has 24 heavy (non-hydrogen) atoms. The molecular formula is C17H23Cl3N4. The summed E-state index contributed by atoms with van der Waals surface area (Å²) in [7, 11) is 0. The predicted molar refractivity (Wildman–Crippen MR) is 103 cm³/mol. The van der Waals surface area contributed by atoms with E-state index in [1.54, 1.807) is 12.4 Å². The third-order valence-electron chi connectivity index (χ3n) is 4.06. The molecule has 0 aliphatic carbocycles. The zero-order chi connectivity index (χ0) is 15.2. The highest BCUT2D eigenvalue weighted by atomic mass is 35.5. The lowest BCUT2D eigenvalue weighted by Gasteiger charge is -2.25. The second kappa shape index (κ2) is 10.9. The molecule has 3 heterocycles. The summed E-state index contributed by atoms with van der Waals surface area (Å²) >= 11 is 6.27. The van der Waals surface area contributed by atoms with E-state index < -0.39 is 0 Å². The van der Waals surface area contributed by atoms with Gasteiger partial charge < -0.3 is 5.32 Å². The van der Waals surface area contributed by atoms with Crippen molar-refractivity contribution in [1.29, 1.82) is 0 Å². The van der Waals surface area contributed by atoms with Crippen LogP contribution in [0.2, 0.25) is 5.02 Å². The Labute approximate surface area is 160 Å². The van der Waals surface area contributed by atoms with Crippen LogP contribution < -0.4 is 5.32 Å². The number of hydrogen-bond donors (Lipinski definition) is 1. The Hall–Kier alpha value is -0.910. The van der Waals surface area contributed by atoms with Crippen LogP contribution in [0.25, 0.3) is 0 Å². The van der Waals surface area contributed by atoms with Crippen LogP contribution in [0.4, 0.5) is 0 Å². The van der Waals surface area contributed by atoms with Gasteiger partial charge in [-0.2, -0.15) is 0 Å². The molecule has 132 valence electrons. The van der Waals surface area contributed by atoms with Crippen LogP contribution in [0.3, 0.4) is 0 Å². The molecule has 1 fully saturated rings.